The average molecular weight is 459 g/mol. The third kappa shape index (κ3) is 4.58. The largest absolute Gasteiger partial charge is 0.357 e. The number of nitrogens with zero attached hydrogens (tertiary/aromatic N) is 4. The Bertz CT molecular complexity index is 1010. The lowest BCUT2D eigenvalue weighted by Gasteiger charge is -2.29. The van der Waals surface area contributed by atoms with Crippen molar-refractivity contribution in [1.82, 2.24) is 9.47 Å². The number of pyridine rings is 1. The van der Waals surface area contributed by atoms with E-state index in [1.54, 1.807) is 9.47 Å². The minimum atomic E-state index is -0.243. The normalized spacial score (nSPS) is 18.8. The van der Waals surface area contributed by atoms with Crippen LogP contribution in [0, 0.1) is 18.3 Å². The molecule has 2 aliphatic rings. The first-order chi connectivity index (χ1) is 14.8. The highest BCUT2D eigenvalue weighted by atomic mass is 32.2. The predicted octanol–water partition coefficient (Wildman–Crippen LogP) is 4.43. The summed E-state index contributed by atoms with van der Waals surface area (Å²) in [5.41, 5.74) is 1.33. The van der Waals surface area contributed by atoms with Crippen LogP contribution in [0.25, 0.3) is 6.08 Å². The first kappa shape index (κ1) is 23.6. The smallest absolute Gasteiger partial charge is 0.270 e. The molecule has 0 radical (unpaired) electrons. The van der Waals surface area contributed by atoms with E-state index in [1.165, 1.54) is 24.6 Å². The van der Waals surface area contributed by atoms with E-state index in [0.29, 0.717) is 21.3 Å². The Hall–Kier alpha value is -2.11. The van der Waals surface area contributed by atoms with E-state index in [-0.39, 0.29) is 23.1 Å². The fourth-order valence-electron chi connectivity index (χ4n) is 4.25. The number of carbonyl (C=O) groups excluding carboxylic acids is 1. The maximum atomic E-state index is 13.2. The molecular weight excluding hydrogens is 428 g/mol. The van der Waals surface area contributed by atoms with Crippen LogP contribution in [0.4, 0.5) is 5.82 Å². The van der Waals surface area contributed by atoms with Crippen molar-refractivity contribution in [2.24, 2.45) is 0 Å². The summed E-state index contributed by atoms with van der Waals surface area (Å²) in [7, 11) is 0. The van der Waals surface area contributed by atoms with Crippen LogP contribution in [0.1, 0.15) is 69.6 Å². The zero-order chi connectivity index (χ0) is 22.7. The standard InChI is InChI=1S/C23H30N4O2S2/c1-5-10-26-20(25-11-8-6-7-9-12-25)17(16(4)18(14-24)21(26)28)13-19-22(29)27(15(2)3)23(30)31-19/h13,15H,5-12H2,1-4H3/b19-13-. The zero-order valence-electron chi connectivity index (χ0n) is 18.7. The van der Waals surface area contributed by atoms with Crippen molar-refractivity contribution in [3.63, 3.8) is 0 Å². The van der Waals surface area contributed by atoms with Crippen LogP contribution in [0.2, 0.25) is 0 Å². The van der Waals surface area contributed by atoms with Gasteiger partial charge < -0.3 is 4.90 Å². The van der Waals surface area contributed by atoms with Crippen molar-refractivity contribution in [2.75, 3.05) is 18.0 Å². The predicted molar refractivity (Wildman–Crippen MR) is 131 cm³/mol. The number of thioether (sulfide) groups is 1. The van der Waals surface area contributed by atoms with Gasteiger partial charge in [0.2, 0.25) is 0 Å². The number of amides is 1. The highest BCUT2D eigenvalue weighted by Gasteiger charge is 2.34. The summed E-state index contributed by atoms with van der Waals surface area (Å²) in [6.07, 6.45) is 7.11. The monoisotopic (exact) mass is 458 g/mol. The maximum absolute atomic E-state index is 13.2. The molecule has 3 heterocycles. The van der Waals surface area contributed by atoms with Gasteiger partial charge in [-0.25, -0.2) is 0 Å². The van der Waals surface area contributed by atoms with E-state index < -0.39 is 0 Å². The average Bonchev–Trinajstić information content (AvgIpc) is 2.89. The number of hydrogen-bond acceptors (Lipinski definition) is 6. The molecule has 0 aliphatic carbocycles. The Morgan fingerprint density at radius 2 is 1.84 bits per heavy atom. The third-order valence-corrected chi connectivity index (χ3v) is 7.14. The quantitative estimate of drug-likeness (QED) is 0.480. The van der Waals surface area contributed by atoms with Crippen LogP contribution in [0.3, 0.4) is 0 Å². The number of nitriles is 1. The van der Waals surface area contributed by atoms with Gasteiger partial charge in [0.1, 0.15) is 21.8 Å². The third-order valence-electron chi connectivity index (χ3n) is 5.81. The van der Waals surface area contributed by atoms with Gasteiger partial charge in [0.25, 0.3) is 11.5 Å². The highest BCUT2D eigenvalue weighted by Crippen LogP contribution is 2.37. The van der Waals surface area contributed by atoms with Crippen molar-refractivity contribution in [3.05, 3.63) is 31.9 Å². The summed E-state index contributed by atoms with van der Waals surface area (Å²) in [5.74, 6) is 0.720. The summed E-state index contributed by atoms with van der Waals surface area (Å²) < 4.78 is 2.29. The molecule has 2 saturated heterocycles. The van der Waals surface area contributed by atoms with Gasteiger partial charge in [-0.3, -0.25) is 19.1 Å². The minimum Gasteiger partial charge on any atom is -0.357 e. The number of anilines is 1. The van der Waals surface area contributed by atoms with Crippen LogP contribution in [-0.4, -0.2) is 38.8 Å². The van der Waals surface area contributed by atoms with Gasteiger partial charge in [0, 0.05) is 31.2 Å². The Balaban J connectivity index is 2.26. The van der Waals surface area contributed by atoms with Crippen molar-refractivity contribution in [1.29, 1.82) is 5.26 Å². The molecule has 1 amide bonds. The lowest BCUT2D eigenvalue weighted by molar-refractivity contribution is -0.123. The Labute approximate surface area is 193 Å². The second-order valence-corrected chi connectivity index (χ2v) is 10.0. The summed E-state index contributed by atoms with van der Waals surface area (Å²) in [4.78, 5) is 30.7. The molecule has 31 heavy (non-hydrogen) atoms. The first-order valence-electron chi connectivity index (χ1n) is 11.0. The van der Waals surface area contributed by atoms with E-state index >= 15 is 0 Å². The van der Waals surface area contributed by atoms with Crippen molar-refractivity contribution >= 4 is 46.1 Å². The van der Waals surface area contributed by atoms with Crippen LogP contribution in [0.5, 0.6) is 0 Å². The molecule has 0 spiro atoms. The Morgan fingerprint density at radius 1 is 1.19 bits per heavy atom. The molecule has 1 aromatic rings. The molecule has 2 fully saturated rings. The molecule has 0 bridgehead atoms. The van der Waals surface area contributed by atoms with E-state index in [1.807, 2.05) is 33.8 Å². The fraction of sp³-hybridized carbons (Fsp3) is 0.565. The van der Waals surface area contributed by atoms with E-state index in [4.69, 9.17) is 12.2 Å². The van der Waals surface area contributed by atoms with Gasteiger partial charge in [-0.05, 0) is 51.7 Å². The molecule has 0 N–H and O–H groups in total. The van der Waals surface area contributed by atoms with Gasteiger partial charge in [-0.15, -0.1) is 0 Å². The zero-order valence-corrected chi connectivity index (χ0v) is 20.4. The minimum absolute atomic E-state index is 0.0201. The molecule has 0 unspecified atom stereocenters. The van der Waals surface area contributed by atoms with Crippen molar-refractivity contribution in [2.45, 2.75) is 72.4 Å². The lowest BCUT2D eigenvalue weighted by Crippen LogP contribution is -2.35. The summed E-state index contributed by atoms with van der Waals surface area (Å²) in [6, 6.07) is 2.09. The number of carbonyl (C=O) groups is 1. The molecule has 8 heteroatoms. The van der Waals surface area contributed by atoms with Gasteiger partial charge in [0.15, 0.2) is 0 Å². The topological polar surface area (TPSA) is 69.3 Å². The SMILES string of the molecule is CCCn1c(N2CCCCCC2)c(/C=C2\SC(=S)N(C(C)C)C2=O)c(C)c(C#N)c1=O. The Kier molecular flexibility index (Phi) is 7.60. The van der Waals surface area contributed by atoms with Crippen LogP contribution >= 0.6 is 24.0 Å². The van der Waals surface area contributed by atoms with Crippen LogP contribution < -0.4 is 10.5 Å². The van der Waals surface area contributed by atoms with Gasteiger partial charge >= 0.3 is 0 Å². The Morgan fingerprint density at radius 3 is 2.35 bits per heavy atom. The lowest BCUT2D eigenvalue weighted by atomic mass is 10.0. The number of thiocarbonyl (C=S) groups is 1. The molecule has 2 aliphatic heterocycles. The second kappa shape index (κ2) is 10.0. The van der Waals surface area contributed by atoms with Gasteiger partial charge in [0.05, 0.1) is 4.91 Å². The van der Waals surface area contributed by atoms with Crippen LogP contribution in [-0.2, 0) is 11.3 Å². The second-order valence-electron chi connectivity index (χ2n) is 8.35. The number of aromatic nitrogens is 1. The van der Waals surface area contributed by atoms with E-state index in [0.717, 1.165) is 43.7 Å². The summed E-state index contributed by atoms with van der Waals surface area (Å²) >= 11 is 6.73. The van der Waals surface area contributed by atoms with Gasteiger partial charge in [-0.1, -0.05) is 43.7 Å². The highest BCUT2D eigenvalue weighted by molar-refractivity contribution is 8.26. The van der Waals surface area contributed by atoms with Crippen molar-refractivity contribution < 1.29 is 4.79 Å². The molecule has 0 saturated carbocycles. The van der Waals surface area contributed by atoms with Crippen molar-refractivity contribution in [3.8, 4) is 6.07 Å². The molecule has 3 rings (SSSR count). The number of rotatable bonds is 5. The molecule has 0 aromatic carbocycles. The van der Waals surface area contributed by atoms with Gasteiger partial charge in [-0.2, -0.15) is 5.26 Å². The summed E-state index contributed by atoms with van der Waals surface area (Å²) in [5, 5.41) is 9.73. The molecule has 6 nitrogen and oxygen atoms in total. The molecule has 166 valence electrons. The summed E-state index contributed by atoms with van der Waals surface area (Å²) in [6.45, 7) is 9.98. The number of hydrogen-bond donors (Lipinski definition) is 0. The van der Waals surface area contributed by atoms with E-state index in [2.05, 4.69) is 11.0 Å². The molecule has 0 atom stereocenters. The maximum Gasteiger partial charge on any atom is 0.270 e. The first-order valence-corrected chi connectivity index (χ1v) is 12.2. The molecular formula is C23H30N4O2S2. The fourth-order valence-corrected chi connectivity index (χ4v) is 5.76. The van der Waals surface area contributed by atoms with Crippen LogP contribution in [0.15, 0.2) is 9.70 Å². The molecule has 1 aromatic heterocycles. The van der Waals surface area contributed by atoms with E-state index in [9.17, 15) is 14.9 Å².